The van der Waals surface area contributed by atoms with Gasteiger partial charge in [-0.1, -0.05) is 6.58 Å². The molecule has 0 atom stereocenters. The van der Waals surface area contributed by atoms with Crippen molar-refractivity contribution in [1.82, 2.24) is 5.32 Å². The Kier molecular flexibility index (Phi) is 2.63. The van der Waals surface area contributed by atoms with Crippen molar-refractivity contribution in [3.8, 4) is 0 Å². The van der Waals surface area contributed by atoms with Gasteiger partial charge in [0.05, 0.1) is 0 Å². The summed E-state index contributed by atoms with van der Waals surface area (Å²) in [7, 11) is 0. The Morgan fingerprint density at radius 2 is 2.40 bits per heavy atom. The molecular weight excluding hydrogens is 126 g/mol. The SMILES string of the molecule is C=CC(=O)CCNC1CC1. The summed E-state index contributed by atoms with van der Waals surface area (Å²) in [6, 6.07) is 0.706. The van der Waals surface area contributed by atoms with E-state index < -0.39 is 0 Å². The third-order valence-electron chi connectivity index (χ3n) is 1.61. The first-order valence-electron chi connectivity index (χ1n) is 3.71. The van der Waals surface area contributed by atoms with Gasteiger partial charge < -0.3 is 5.32 Å². The van der Waals surface area contributed by atoms with Gasteiger partial charge in [-0.3, -0.25) is 4.79 Å². The molecule has 1 rings (SSSR count). The average Bonchev–Trinajstić information content (AvgIpc) is 2.71. The number of hydrogen-bond acceptors (Lipinski definition) is 2. The molecule has 1 fully saturated rings. The number of ketones is 1. The van der Waals surface area contributed by atoms with Gasteiger partial charge in [-0.05, 0) is 18.9 Å². The van der Waals surface area contributed by atoms with Crippen molar-refractivity contribution >= 4 is 5.78 Å². The zero-order valence-electron chi connectivity index (χ0n) is 6.10. The lowest BCUT2D eigenvalue weighted by Crippen LogP contribution is -2.19. The Balaban J connectivity index is 1.93. The van der Waals surface area contributed by atoms with E-state index >= 15 is 0 Å². The summed E-state index contributed by atoms with van der Waals surface area (Å²) in [5.41, 5.74) is 0. The molecule has 0 spiro atoms. The maximum Gasteiger partial charge on any atom is 0.156 e. The highest BCUT2D eigenvalue weighted by atomic mass is 16.1. The fourth-order valence-corrected chi connectivity index (χ4v) is 0.789. The van der Waals surface area contributed by atoms with Crippen LogP contribution in [0.5, 0.6) is 0 Å². The minimum absolute atomic E-state index is 0.133. The van der Waals surface area contributed by atoms with Gasteiger partial charge in [-0.2, -0.15) is 0 Å². The van der Waals surface area contributed by atoms with Gasteiger partial charge in [-0.25, -0.2) is 0 Å². The van der Waals surface area contributed by atoms with Gasteiger partial charge in [-0.15, -0.1) is 0 Å². The highest BCUT2D eigenvalue weighted by molar-refractivity contribution is 5.89. The first-order valence-corrected chi connectivity index (χ1v) is 3.71. The topological polar surface area (TPSA) is 29.1 Å². The van der Waals surface area contributed by atoms with Crippen LogP contribution < -0.4 is 5.32 Å². The number of allylic oxidation sites excluding steroid dienone is 1. The lowest BCUT2D eigenvalue weighted by atomic mass is 10.3. The first kappa shape index (κ1) is 7.48. The van der Waals surface area contributed by atoms with Crippen LogP contribution in [0.15, 0.2) is 12.7 Å². The number of nitrogens with one attached hydrogen (secondary N) is 1. The second-order valence-corrected chi connectivity index (χ2v) is 2.65. The van der Waals surface area contributed by atoms with Crippen molar-refractivity contribution in [2.45, 2.75) is 25.3 Å². The van der Waals surface area contributed by atoms with Crippen LogP contribution in [0.2, 0.25) is 0 Å². The van der Waals surface area contributed by atoms with Crippen molar-refractivity contribution < 1.29 is 4.79 Å². The molecule has 0 aromatic heterocycles. The average molecular weight is 139 g/mol. The zero-order chi connectivity index (χ0) is 7.40. The lowest BCUT2D eigenvalue weighted by Gasteiger charge is -1.97. The standard InChI is InChI=1S/C8H13NO/c1-2-8(10)5-6-9-7-3-4-7/h2,7,9H,1,3-6H2. The van der Waals surface area contributed by atoms with Crippen LogP contribution in [0.25, 0.3) is 0 Å². The third kappa shape index (κ3) is 2.78. The predicted molar refractivity (Wildman–Crippen MR) is 40.8 cm³/mol. The third-order valence-corrected chi connectivity index (χ3v) is 1.61. The van der Waals surface area contributed by atoms with E-state index in [1.165, 1.54) is 18.9 Å². The second-order valence-electron chi connectivity index (χ2n) is 2.65. The fraction of sp³-hybridized carbons (Fsp3) is 0.625. The van der Waals surface area contributed by atoms with Crippen molar-refractivity contribution in [1.29, 1.82) is 0 Å². The summed E-state index contributed by atoms with van der Waals surface area (Å²) in [4.78, 5) is 10.7. The Morgan fingerprint density at radius 3 is 2.90 bits per heavy atom. The molecule has 10 heavy (non-hydrogen) atoms. The first-order chi connectivity index (χ1) is 4.83. The van der Waals surface area contributed by atoms with Crippen LogP contribution >= 0.6 is 0 Å². The van der Waals surface area contributed by atoms with Crippen molar-refractivity contribution in [3.05, 3.63) is 12.7 Å². The van der Waals surface area contributed by atoms with E-state index in [4.69, 9.17) is 0 Å². The molecule has 1 aliphatic carbocycles. The molecule has 2 heteroatoms. The van der Waals surface area contributed by atoms with Gasteiger partial charge >= 0.3 is 0 Å². The number of carbonyl (C=O) groups is 1. The van der Waals surface area contributed by atoms with Crippen LogP contribution in [0.4, 0.5) is 0 Å². The van der Waals surface area contributed by atoms with E-state index in [0.29, 0.717) is 12.5 Å². The van der Waals surface area contributed by atoms with Gasteiger partial charge in [0, 0.05) is 19.0 Å². The van der Waals surface area contributed by atoms with Gasteiger partial charge in [0.15, 0.2) is 5.78 Å². The van der Waals surface area contributed by atoms with Crippen molar-refractivity contribution in [2.75, 3.05) is 6.54 Å². The summed E-state index contributed by atoms with van der Waals surface area (Å²) >= 11 is 0. The maximum atomic E-state index is 10.7. The van der Waals surface area contributed by atoms with Gasteiger partial charge in [0.1, 0.15) is 0 Å². The fourth-order valence-electron chi connectivity index (χ4n) is 0.789. The molecule has 0 aromatic carbocycles. The van der Waals surface area contributed by atoms with Crippen LogP contribution in [-0.2, 0) is 4.79 Å². The summed E-state index contributed by atoms with van der Waals surface area (Å²) in [6.07, 6.45) is 4.54. The van der Waals surface area contributed by atoms with Crippen LogP contribution in [0.3, 0.4) is 0 Å². The van der Waals surface area contributed by atoms with Crippen LogP contribution in [-0.4, -0.2) is 18.4 Å². The normalized spacial score (nSPS) is 16.8. The molecule has 56 valence electrons. The van der Waals surface area contributed by atoms with Crippen molar-refractivity contribution in [3.63, 3.8) is 0 Å². The maximum absolute atomic E-state index is 10.7. The molecule has 1 aliphatic rings. The second kappa shape index (κ2) is 3.52. The largest absolute Gasteiger partial charge is 0.314 e. The Morgan fingerprint density at radius 1 is 1.70 bits per heavy atom. The summed E-state index contributed by atoms with van der Waals surface area (Å²) in [6.45, 7) is 4.21. The number of rotatable bonds is 5. The Bertz CT molecular complexity index is 138. The van der Waals surface area contributed by atoms with Gasteiger partial charge in [0.25, 0.3) is 0 Å². The molecule has 1 N–H and O–H groups in total. The summed E-state index contributed by atoms with van der Waals surface area (Å²) < 4.78 is 0. The molecule has 0 radical (unpaired) electrons. The van der Waals surface area contributed by atoms with Crippen LogP contribution in [0, 0.1) is 0 Å². The van der Waals surface area contributed by atoms with E-state index in [9.17, 15) is 4.79 Å². The van der Waals surface area contributed by atoms with Gasteiger partial charge in [0.2, 0.25) is 0 Å². The van der Waals surface area contributed by atoms with E-state index in [1.807, 2.05) is 0 Å². The zero-order valence-corrected chi connectivity index (χ0v) is 6.10. The lowest BCUT2D eigenvalue weighted by molar-refractivity contribution is -0.114. The molecule has 0 bridgehead atoms. The molecule has 0 heterocycles. The van der Waals surface area contributed by atoms with E-state index in [0.717, 1.165) is 6.54 Å². The molecule has 1 saturated carbocycles. The minimum atomic E-state index is 0.133. The summed E-state index contributed by atoms with van der Waals surface area (Å²) in [5, 5.41) is 3.25. The highest BCUT2D eigenvalue weighted by Crippen LogP contribution is 2.18. The monoisotopic (exact) mass is 139 g/mol. The minimum Gasteiger partial charge on any atom is -0.314 e. The number of hydrogen-bond donors (Lipinski definition) is 1. The van der Waals surface area contributed by atoms with E-state index in [-0.39, 0.29) is 5.78 Å². The predicted octanol–water partition coefficient (Wildman–Crippen LogP) is 0.884. The molecule has 0 unspecified atom stereocenters. The summed E-state index contributed by atoms with van der Waals surface area (Å²) in [5.74, 6) is 0.133. The van der Waals surface area contributed by atoms with Crippen molar-refractivity contribution in [2.24, 2.45) is 0 Å². The Labute approximate surface area is 61.3 Å². The van der Waals surface area contributed by atoms with E-state index in [1.54, 1.807) is 0 Å². The molecule has 0 aliphatic heterocycles. The molecule has 2 nitrogen and oxygen atoms in total. The quantitative estimate of drug-likeness (QED) is 0.573. The molecule has 0 saturated heterocycles. The molecule has 0 amide bonds. The Hall–Kier alpha value is -0.630. The molecule has 0 aromatic rings. The smallest absolute Gasteiger partial charge is 0.156 e. The van der Waals surface area contributed by atoms with Crippen LogP contribution in [0.1, 0.15) is 19.3 Å². The number of carbonyl (C=O) groups excluding carboxylic acids is 1. The molecular formula is C8H13NO. The highest BCUT2D eigenvalue weighted by Gasteiger charge is 2.19. The van der Waals surface area contributed by atoms with E-state index in [2.05, 4.69) is 11.9 Å².